The fourth-order valence-electron chi connectivity index (χ4n) is 3.46. The molecule has 1 heterocycles. The number of nitro groups is 1. The number of hydrogen-bond acceptors (Lipinski definition) is 5. The minimum atomic E-state index is -0.510. The Morgan fingerprint density at radius 2 is 2.00 bits per heavy atom. The zero-order valence-corrected chi connectivity index (χ0v) is 17.1. The van der Waals surface area contributed by atoms with E-state index in [-0.39, 0.29) is 23.6 Å². The lowest BCUT2D eigenvalue weighted by atomic mass is 9.97. The van der Waals surface area contributed by atoms with Gasteiger partial charge >= 0.3 is 0 Å². The van der Waals surface area contributed by atoms with Gasteiger partial charge in [-0.15, -0.1) is 0 Å². The second-order valence-electron chi connectivity index (χ2n) is 7.74. The van der Waals surface area contributed by atoms with Gasteiger partial charge in [0.25, 0.3) is 11.6 Å². The summed E-state index contributed by atoms with van der Waals surface area (Å²) >= 11 is 0. The number of amides is 1. The number of nitrogens with zero attached hydrogens (tertiary/aromatic N) is 2. The Labute approximate surface area is 175 Å². The van der Waals surface area contributed by atoms with Crippen molar-refractivity contribution in [3.05, 3.63) is 64.0 Å². The van der Waals surface area contributed by atoms with E-state index in [4.69, 9.17) is 4.74 Å². The van der Waals surface area contributed by atoms with Crippen LogP contribution in [0.25, 0.3) is 0 Å². The van der Waals surface area contributed by atoms with Gasteiger partial charge in [-0.3, -0.25) is 14.9 Å². The van der Waals surface area contributed by atoms with Crippen LogP contribution in [0, 0.1) is 21.8 Å². The van der Waals surface area contributed by atoms with Gasteiger partial charge < -0.3 is 15.0 Å². The summed E-state index contributed by atoms with van der Waals surface area (Å²) in [6, 6.07) is 10.00. The SMILES string of the molecule is CC1CCN(c2ccc([N+](=O)[O-])cc2C(=O)NC(C)COc2ccccc2F)CC1. The number of para-hydroxylation sites is 1. The lowest BCUT2D eigenvalue weighted by Gasteiger charge is -2.33. The van der Waals surface area contributed by atoms with Crippen LogP contribution < -0.4 is 15.0 Å². The summed E-state index contributed by atoms with van der Waals surface area (Å²) < 4.78 is 19.1. The first kappa shape index (κ1) is 21.5. The van der Waals surface area contributed by atoms with Crippen molar-refractivity contribution in [1.82, 2.24) is 5.32 Å². The number of carbonyl (C=O) groups excluding carboxylic acids is 1. The van der Waals surface area contributed by atoms with Gasteiger partial charge in [0.1, 0.15) is 6.61 Å². The normalized spacial score (nSPS) is 15.5. The fourth-order valence-corrected chi connectivity index (χ4v) is 3.46. The molecule has 8 heteroatoms. The molecule has 30 heavy (non-hydrogen) atoms. The molecule has 3 rings (SSSR count). The zero-order valence-electron chi connectivity index (χ0n) is 17.1. The molecule has 1 fully saturated rings. The van der Waals surface area contributed by atoms with Crippen molar-refractivity contribution in [3.63, 3.8) is 0 Å². The van der Waals surface area contributed by atoms with Gasteiger partial charge in [0.15, 0.2) is 11.6 Å². The Hall–Kier alpha value is -3.16. The molecule has 160 valence electrons. The van der Waals surface area contributed by atoms with Gasteiger partial charge in [-0.2, -0.15) is 0 Å². The van der Waals surface area contributed by atoms with Gasteiger partial charge in [0.05, 0.1) is 22.2 Å². The molecule has 0 spiro atoms. The highest BCUT2D eigenvalue weighted by Crippen LogP contribution is 2.29. The molecule has 1 saturated heterocycles. The predicted molar refractivity (Wildman–Crippen MR) is 113 cm³/mol. The largest absolute Gasteiger partial charge is 0.488 e. The molecule has 1 atom stereocenters. The number of anilines is 1. The van der Waals surface area contributed by atoms with Crippen molar-refractivity contribution in [2.75, 3.05) is 24.6 Å². The molecular weight excluding hydrogens is 389 g/mol. The summed E-state index contributed by atoms with van der Waals surface area (Å²) in [6.45, 7) is 5.59. The Morgan fingerprint density at radius 3 is 2.67 bits per heavy atom. The number of hydrogen-bond donors (Lipinski definition) is 1. The van der Waals surface area contributed by atoms with Crippen LogP contribution in [0.1, 0.15) is 37.0 Å². The smallest absolute Gasteiger partial charge is 0.270 e. The Balaban J connectivity index is 1.73. The van der Waals surface area contributed by atoms with Crippen LogP contribution in [0.3, 0.4) is 0 Å². The van der Waals surface area contributed by atoms with E-state index in [0.29, 0.717) is 11.6 Å². The molecule has 1 amide bonds. The van der Waals surface area contributed by atoms with Crippen LogP contribution in [0.4, 0.5) is 15.8 Å². The number of ether oxygens (including phenoxy) is 1. The number of piperidine rings is 1. The zero-order chi connectivity index (χ0) is 21.7. The quantitative estimate of drug-likeness (QED) is 0.542. The van der Waals surface area contributed by atoms with Gasteiger partial charge in [-0.05, 0) is 43.9 Å². The van der Waals surface area contributed by atoms with Gasteiger partial charge in [-0.25, -0.2) is 4.39 Å². The summed E-state index contributed by atoms with van der Waals surface area (Å²) in [5.74, 6) is -0.169. The second kappa shape index (κ2) is 9.56. The fraction of sp³-hybridized carbons (Fsp3) is 0.409. The predicted octanol–water partition coefficient (Wildman–Crippen LogP) is 4.17. The van der Waals surface area contributed by atoms with Crippen LogP contribution in [0.2, 0.25) is 0 Å². The third-order valence-corrected chi connectivity index (χ3v) is 5.26. The highest BCUT2D eigenvalue weighted by atomic mass is 19.1. The van der Waals surface area contributed by atoms with E-state index in [0.717, 1.165) is 25.9 Å². The number of halogens is 1. The summed E-state index contributed by atoms with van der Waals surface area (Å²) in [6.07, 6.45) is 2.01. The number of non-ortho nitro benzene ring substituents is 1. The molecule has 2 aromatic carbocycles. The average molecular weight is 415 g/mol. The molecule has 7 nitrogen and oxygen atoms in total. The maximum atomic E-state index is 13.7. The lowest BCUT2D eigenvalue weighted by Crippen LogP contribution is -2.39. The molecule has 0 saturated carbocycles. The Bertz CT molecular complexity index is 913. The van der Waals surface area contributed by atoms with Crippen molar-refractivity contribution < 1.29 is 18.8 Å². The molecule has 1 unspecified atom stereocenters. The van der Waals surface area contributed by atoms with E-state index >= 15 is 0 Å². The van der Waals surface area contributed by atoms with E-state index in [2.05, 4.69) is 17.1 Å². The number of carbonyl (C=O) groups is 1. The van der Waals surface area contributed by atoms with Crippen LogP contribution >= 0.6 is 0 Å². The van der Waals surface area contributed by atoms with E-state index in [1.807, 2.05) is 0 Å². The molecule has 0 radical (unpaired) electrons. The van der Waals surface area contributed by atoms with Crippen LogP contribution in [-0.2, 0) is 0 Å². The van der Waals surface area contributed by atoms with Gasteiger partial charge in [-0.1, -0.05) is 19.1 Å². The highest BCUT2D eigenvalue weighted by Gasteiger charge is 2.24. The average Bonchev–Trinajstić information content (AvgIpc) is 2.73. The van der Waals surface area contributed by atoms with Crippen LogP contribution in [0.5, 0.6) is 5.75 Å². The maximum absolute atomic E-state index is 13.7. The number of benzene rings is 2. The summed E-state index contributed by atoms with van der Waals surface area (Å²) in [5.41, 5.74) is 0.813. The first-order valence-electron chi connectivity index (χ1n) is 10.1. The van der Waals surface area contributed by atoms with Crippen molar-refractivity contribution in [1.29, 1.82) is 0 Å². The van der Waals surface area contributed by atoms with E-state index in [1.165, 1.54) is 24.3 Å². The van der Waals surface area contributed by atoms with Crippen LogP contribution in [0.15, 0.2) is 42.5 Å². The van der Waals surface area contributed by atoms with Crippen molar-refractivity contribution >= 4 is 17.3 Å². The third kappa shape index (κ3) is 5.25. The van der Waals surface area contributed by atoms with E-state index in [1.54, 1.807) is 25.1 Å². The minimum Gasteiger partial charge on any atom is -0.488 e. The highest BCUT2D eigenvalue weighted by molar-refractivity contribution is 6.00. The molecule has 1 aliphatic heterocycles. The first-order chi connectivity index (χ1) is 14.3. The summed E-state index contributed by atoms with van der Waals surface area (Å²) in [5, 5.41) is 14.0. The number of rotatable bonds is 7. The van der Waals surface area contributed by atoms with Gasteiger partial charge in [0, 0.05) is 25.2 Å². The summed E-state index contributed by atoms with van der Waals surface area (Å²) in [7, 11) is 0. The van der Waals surface area contributed by atoms with Crippen molar-refractivity contribution in [3.8, 4) is 5.75 Å². The van der Waals surface area contributed by atoms with Crippen molar-refractivity contribution in [2.24, 2.45) is 5.92 Å². The molecule has 2 aromatic rings. The molecule has 0 aromatic heterocycles. The topological polar surface area (TPSA) is 84.7 Å². The standard InChI is InChI=1S/C22H26FN3O4/c1-15-9-11-25(12-10-15)20-8-7-17(26(28)29)13-18(20)22(27)24-16(2)14-30-21-6-4-3-5-19(21)23/h3-8,13,15-16H,9-12,14H2,1-2H3,(H,24,27). The Morgan fingerprint density at radius 1 is 1.30 bits per heavy atom. The molecule has 0 aliphatic carbocycles. The van der Waals surface area contributed by atoms with E-state index < -0.39 is 22.7 Å². The Kier molecular flexibility index (Phi) is 6.87. The minimum absolute atomic E-state index is 0.0676. The molecule has 1 aliphatic rings. The number of nitro benzene ring substituents is 1. The van der Waals surface area contributed by atoms with Gasteiger partial charge in [0.2, 0.25) is 0 Å². The molecule has 0 bridgehead atoms. The lowest BCUT2D eigenvalue weighted by molar-refractivity contribution is -0.384. The third-order valence-electron chi connectivity index (χ3n) is 5.26. The molecule has 1 N–H and O–H groups in total. The second-order valence-corrected chi connectivity index (χ2v) is 7.74. The monoisotopic (exact) mass is 415 g/mol. The number of nitrogens with one attached hydrogen (secondary N) is 1. The van der Waals surface area contributed by atoms with Crippen molar-refractivity contribution in [2.45, 2.75) is 32.7 Å². The maximum Gasteiger partial charge on any atom is 0.270 e. The summed E-state index contributed by atoms with van der Waals surface area (Å²) in [4.78, 5) is 25.8. The first-order valence-corrected chi connectivity index (χ1v) is 10.1. The van der Waals surface area contributed by atoms with E-state index in [9.17, 15) is 19.3 Å². The van der Waals surface area contributed by atoms with Crippen LogP contribution in [-0.4, -0.2) is 36.6 Å². The molecular formula is C22H26FN3O4.